The van der Waals surface area contributed by atoms with Crippen LogP contribution in [-0.2, 0) is 14.3 Å². The third kappa shape index (κ3) is 3.84. The minimum atomic E-state index is -0.509. The van der Waals surface area contributed by atoms with Crippen molar-refractivity contribution in [1.82, 2.24) is 10.2 Å². The molecule has 7 heteroatoms. The van der Waals surface area contributed by atoms with Crippen LogP contribution in [0.15, 0.2) is 18.2 Å². The number of halogens is 1. The summed E-state index contributed by atoms with van der Waals surface area (Å²) in [5.74, 6) is 1.05. The summed E-state index contributed by atoms with van der Waals surface area (Å²) in [6, 6.07) is 5.22. The van der Waals surface area contributed by atoms with Gasteiger partial charge in [-0.3, -0.25) is 9.59 Å². The van der Waals surface area contributed by atoms with E-state index in [0.717, 1.165) is 24.2 Å². The van der Waals surface area contributed by atoms with Gasteiger partial charge in [0, 0.05) is 42.4 Å². The fraction of sp³-hybridized carbons (Fsp3) is 0.636. The molecule has 1 aromatic rings. The second-order valence-corrected chi connectivity index (χ2v) is 9.52. The molecule has 0 aromatic heterocycles. The van der Waals surface area contributed by atoms with Gasteiger partial charge in [0.25, 0.3) is 0 Å². The Labute approximate surface area is 176 Å². The van der Waals surface area contributed by atoms with Crippen molar-refractivity contribution in [3.63, 3.8) is 0 Å². The molecule has 0 saturated carbocycles. The fourth-order valence-corrected chi connectivity index (χ4v) is 5.30. The molecular formula is C22H29ClN2O4. The number of fused-ring (bicyclic) bond motifs is 4. The first-order valence-electron chi connectivity index (χ1n) is 10.4. The van der Waals surface area contributed by atoms with Gasteiger partial charge >= 0.3 is 0 Å². The van der Waals surface area contributed by atoms with Gasteiger partial charge in [-0.15, -0.1) is 0 Å². The summed E-state index contributed by atoms with van der Waals surface area (Å²) in [4.78, 5) is 25.9. The van der Waals surface area contributed by atoms with Gasteiger partial charge in [0.15, 0.2) is 0 Å². The van der Waals surface area contributed by atoms with Crippen molar-refractivity contribution in [2.24, 2.45) is 11.8 Å². The maximum atomic E-state index is 12.8. The monoisotopic (exact) mass is 420 g/mol. The van der Waals surface area contributed by atoms with Gasteiger partial charge in [-0.05, 0) is 51.8 Å². The molecule has 0 unspecified atom stereocenters. The lowest BCUT2D eigenvalue weighted by molar-refractivity contribution is -0.189. The lowest BCUT2D eigenvalue weighted by Crippen LogP contribution is -2.57. The maximum absolute atomic E-state index is 12.8. The number of amides is 2. The number of benzene rings is 1. The number of nitrogens with zero attached hydrogens (tertiary/aromatic N) is 1. The van der Waals surface area contributed by atoms with Crippen molar-refractivity contribution in [3.05, 3.63) is 28.8 Å². The second kappa shape index (κ2) is 7.47. The van der Waals surface area contributed by atoms with E-state index in [1.165, 1.54) is 6.92 Å². The summed E-state index contributed by atoms with van der Waals surface area (Å²) in [5, 5.41) is 3.38. The quantitative estimate of drug-likeness (QED) is 0.796. The topological polar surface area (TPSA) is 67.9 Å². The number of piperidine rings is 1. The molecule has 3 heterocycles. The molecule has 2 fully saturated rings. The van der Waals surface area contributed by atoms with Crippen LogP contribution in [0.2, 0.25) is 5.02 Å². The summed E-state index contributed by atoms with van der Waals surface area (Å²) in [5.41, 5.74) is 0.657. The van der Waals surface area contributed by atoms with Gasteiger partial charge in [0.1, 0.15) is 17.4 Å². The smallest absolute Gasteiger partial charge is 0.244 e. The molecule has 6 nitrogen and oxygen atoms in total. The van der Waals surface area contributed by atoms with E-state index in [2.05, 4.69) is 19.2 Å². The first kappa shape index (κ1) is 20.5. The predicted octanol–water partition coefficient (Wildman–Crippen LogP) is 3.33. The van der Waals surface area contributed by atoms with Gasteiger partial charge in [-0.2, -0.15) is 0 Å². The van der Waals surface area contributed by atoms with Gasteiger partial charge in [0.05, 0.1) is 12.2 Å². The highest BCUT2D eigenvalue weighted by Gasteiger charge is 2.51. The molecule has 1 aromatic carbocycles. The van der Waals surface area contributed by atoms with Crippen molar-refractivity contribution in [1.29, 1.82) is 0 Å². The summed E-state index contributed by atoms with van der Waals surface area (Å²) in [6.45, 7) is 8.67. The number of carbonyl (C=O) groups is 2. The van der Waals surface area contributed by atoms with E-state index < -0.39 is 6.04 Å². The average Bonchev–Trinajstić information content (AvgIpc) is 2.66. The lowest BCUT2D eigenvalue weighted by Gasteiger charge is -2.53. The first-order valence-corrected chi connectivity index (χ1v) is 10.7. The van der Waals surface area contributed by atoms with Crippen LogP contribution in [-0.4, -0.2) is 47.6 Å². The molecule has 2 amide bonds. The minimum Gasteiger partial charge on any atom is -0.487 e. The Kier molecular flexibility index (Phi) is 5.28. The number of carbonyl (C=O) groups excluding carboxylic acids is 2. The Morgan fingerprint density at radius 2 is 2.10 bits per heavy atom. The van der Waals surface area contributed by atoms with Gasteiger partial charge in [-0.25, -0.2) is 0 Å². The summed E-state index contributed by atoms with van der Waals surface area (Å²) in [7, 11) is 0. The van der Waals surface area contributed by atoms with E-state index in [-0.39, 0.29) is 41.5 Å². The van der Waals surface area contributed by atoms with Crippen molar-refractivity contribution in [2.45, 2.75) is 64.4 Å². The van der Waals surface area contributed by atoms with E-state index >= 15 is 0 Å². The molecule has 2 saturated heterocycles. The standard InChI is InChI=1S/C22H29ClN2O4/c1-12(24-13(2)26)21(27)25-8-7-18-14(11-25)9-17-20(28-18)16-10-15(23)5-6-19(16)29-22(17,3)4/h5-6,10,12,14,17-18,20H,7-9,11H2,1-4H3,(H,24,26)/t12-,14+,17-,18-,20+/m1/s1. The maximum Gasteiger partial charge on any atom is 0.244 e. The molecule has 1 N–H and O–H groups in total. The first-order chi connectivity index (χ1) is 13.7. The van der Waals surface area contributed by atoms with Crippen molar-refractivity contribution in [3.8, 4) is 5.75 Å². The van der Waals surface area contributed by atoms with Crippen LogP contribution in [0.3, 0.4) is 0 Å². The fourth-order valence-electron chi connectivity index (χ4n) is 5.12. The third-order valence-electron chi connectivity index (χ3n) is 6.55. The molecular weight excluding hydrogens is 392 g/mol. The Bertz CT molecular complexity index is 827. The van der Waals surface area contributed by atoms with E-state index in [4.69, 9.17) is 21.1 Å². The zero-order valence-electron chi connectivity index (χ0n) is 17.4. The van der Waals surface area contributed by atoms with Crippen LogP contribution >= 0.6 is 11.6 Å². The number of rotatable bonds is 2. The molecule has 3 aliphatic rings. The van der Waals surface area contributed by atoms with Gasteiger partial charge in [0.2, 0.25) is 11.8 Å². The molecule has 0 radical (unpaired) electrons. The van der Waals surface area contributed by atoms with E-state index in [9.17, 15) is 9.59 Å². The largest absolute Gasteiger partial charge is 0.487 e. The van der Waals surface area contributed by atoms with E-state index in [0.29, 0.717) is 18.1 Å². The summed E-state index contributed by atoms with van der Waals surface area (Å²) >= 11 is 6.25. The number of ether oxygens (including phenoxy) is 2. The highest BCUT2D eigenvalue weighted by molar-refractivity contribution is 6.30. The highest BCUT2D eigenvalue weighted by atomic mass is 35.5. The molecule has 158 valence electrons. The summed E-state index contributed by atoms with van der Waals surface area (Å²) in [6.07, 6.45) is 1.78. The number of hydrogen-bond acceptors (Lipinski definition) is 4. The Balaban J connectivity index is 1.53. The summed E-state index contributed by atoms with van der Waals surface area (Å²) < 4.78 is 12.9. The Hall–Kier alpha value is -1.79. The van der Waals surface area contributed by atoms with Crippen LogP contribution in [0.4, 0.5) is 0 Å². The molecule has 3 aliphatic heterocycles. The van der Waals surface area contributed by atoms with Crippen LogP contribution in [0.5, 0.6) is 5.75 Å². The molecule has 0 aliphatic carbocycles. The molecule has 0 spiro atoms. The Morgan fingerprint density at radius 1 is 1.34 bits per heavy atom. The lowest BCUT2D eigenvalue weighted by atomic mass is 9.70. The second-order valence-electron chi connectivity index (χ2n) is 9.08. The van der Waals surface area contributed by atoms with Crippen molar-refractivity contribution < 1.29 is 19.1 Å². The minimum absolute atomic E-state index is 0.0305. The average molecular weight is 421 g/mol. The SMILES string of the molecule is CC(=O)N[C@H](C)C(=O)N1CC[C@H]2O[C@H]3c4cc(Cl)ccc4OC(C)(C)[C@@H]3C[C@H]2C1. The molecule has 29 heavy (non-hydrogen) atoms. The van der Waals surface area contributed by atoms with Crippen molar-refractivity contribution >= 4 is 23.4 Å². The normalized spacial score (nSPS) is 30.9. The van der Waals surface area contributed by atoms with E-state index in [1.807, 2.05) is 23.1 Å². The zero-order valence-corrected chi connectivity index (χ0v) is 18.2. The van der Waals surface area contributed by atoms with Gasteiger partial charge in [-0.1, -0.05) is 11.6 Å². The van der Waals surface area contributed by atoms with E-state index in [1.54, 1.807) is 6.92 Å². The zero-order chi connectivity index (χ0) is 20.9. The third-order valence-corrected chi connectivity index (χ3v) is 6.79. The van der Waals surface area contributed by atoms with Crippen LogP contribution < -0.4 is 10.1 Å². The number of likely N-dealkylation sites (tertiary alicyclic amines) is 1. The highest BCUT2D eigenvalue weighted by Crippen LogP contribution is 2.53. The number of nitrogens with one attached hydrogen (secondary N) is 1. The Morgan fingerprint density at radius 3 is 2.83 bits per heavy atom. The van der Waals surface area contributed by atoms with Gasteiger partial charge < -0.3 is 19.7 Å². The number of hydrogen-bond donors (Lipinski definition) is 1. The molecule has 5 atom stereocenters. The van der Waals surface area contributed by atoms with Crippen LogP contribution in [0.1, 0.15) is 52.2 Å². The van der Waals surface area contributed by atoms with Crippen molar-refractivity contribution in [2.75, 3.05) is 13.1 Å². The van der Waals surface area contributed by atoms with Crippen LogP contribution in [0, 0.1) is 11.8 Å². The molecule has 4 rings (SSSR count). The van der Waals surface area contributed by atoms with Crippen LogP contribution in [0.25, 0.3) is 0 Å². The predicted molar refractivity (Wildman–Crippen MR) is 110 cm³/mol. The molecule has 0 bridgehead atoms.